The van der Waals surface area contributed by atoms with Crippen molar-refractivity contribution < 1.29 is 14.0 Å². The van der Waals surface area contributed by atoms with Crippen molar-refractivity contribution in [3.63, 3.8) is 0 Å². The Morgan fingerprint density at radius 1 is 1.07 bits per heavy atom. The van der Waals surface area contributed by atoms with Crippen molar-refractivity contribution in [3.05, 3.63) is 70.5 Å². The summed E-state index contributed by atoms with van der Waals surface area (Å²) in [4.78, 5) is 29.0. The number of carbonyl (C=O) groups is 2. The lowest BCUT2D eigenvalue weighted by atomic mass is 10.1. The van der Waals surface area contributed by atoms with E-state index in [4.69, 9.17) is 11.6 Å². The molecule has 0 atom stereocenters. The molecule has 2 amide bonds. The molecule has 1 aliphatic heterocycles. The SMILES string of the molecule is O=C(CCN(CCc1ccccc1)C(=O)c1ccc(F)c(Cl)c1)N1CCNCC1. The first-order valence-corrected chi connectivity index (χ1v) is 10.2. The van der Waals surface area contributed by atoms with E-state index in [9.17, 15) is 14.0 Å². The summed E-state index contributed by atoms with van der Waals surface area (Å²) in [5.74, 6) is -0.773. The predicted molar refractivity (Wildman–Crippen MR) is 112 cm³/mol. The lowest BCUT2D eigenvalue weighted by Crippen LogP contribution is -2.47. The van der Waals surface area contributed by atoms with Gasteiger partial charge in [-0.2, -0.15) is 0 Å². The highest BCUT2D eigenvalue weighted by atomic mass is 35.5. The molecule has 0 bridgehead atoms. The quantitative estimate of drug-likeness (QED) is 0.753. The first-order chi connectivity index (χ1) is 14.0. The molecule has 154 valence electrons. The Hall–Kier alpha value is -2.44. The van der Waals surface area contributed by atoms with Crippen LogP contribution in [0.4, 0.5) is 4.39 Å². The van der Waals surface area contributed by atoms with Gasteiger partial charge in [0.05, 0.1) is 5.02 Å². The van der Waals surface area contributed by atoms with E-state index in [1.807, 2.05) is 35.2 Å². The maximum atomic E-state index is 13.5. The van der Waals surface area contributed by atoms with Crippen LogP contribution >= 0.6 is 11.6 Å². The topological polar surface area (TPSA) is 52.7 Å². The van der Waals surface area contributed by atoms with Crippen LogP contribution in [0.2, 0.25) is 5.02 Å². The van der Waals surface area contributed by atoms with E-state index >= 15 is 0 Å². The van der Waals surface area contributed by atoms with E-state index in [0.29, 0.717) is 38.2 Å². The number of halogens is 2. The summed E-state index contributed by atoms with van der Waals surface area (Å²) in [6, 6.07) is 13.8. The van der Waals surface area contributed by atoms with Crippen molar-refractivity contribution in [1.29, 1.82) is 0 Å². The normalized spacial score (nSPS) is 13.9. The number of hydrogen-bond acceptors (Lipinski definition) is 3. The van der Waals surface area contributed by atoms with Gasteiger partial charge in [0.2, 0.25) is 5.91 Å². The van der Waals surface area contributed by atoms with Crippen LogP contribution in [-0.2, 0) is 11.2 Å². The molecule has 1 N–H and O–H groups in total. The van der Waals surface area contributed by atoms with Crippen LogP contribution in [0.5, 0.6) is 0 Å². The van der Waals surface area contributed by atoms with Gasteiger partial charge in [0.25, 0.3) is 5.91 Å². The minimum Gasteiger partial charge on any atom is -0.340 e. The van der Waals surface area contributed by atoms with Gasteiger partial charge in [-0.1, -0.05) is 41.9 Å². The van der Waals surface area contributed by atoms with Gasteiger partial charge >= 0.3 is 0 Å². The molecule has 0 saturated carbocycles. The van der Waals surface area contributed by atoms with Gasteiger partial charge in [-0.15, -0.1) is 0 Å². The smallest absolute Gasteiger partial charge is 0.253 e. The summed E-state index contributed by atoms with van der Waals surface area (Å²) in [6.45, 7) is 3.72. The van der Waals surface area contributed by atoms with Crippen LogP contribution in [-0.4, -0.2) is 60.9 Å². The highest BCUT2D eigenvalue weighted by Gasteiger charge is 2.21. The second-order valence-electron chi connectivity index (χ2n) is 7.04. The lowest BCUT2D eigenvalue weighted by Gasteiger charge is -2.29. The fraction of sp³-hybridized carbons (Fsp3) is 0.364. The van der Waals surface area contributed by atoms with Gasteiger partial charge in [-0.25, -0.2) is 4.39 Å². The minimum atomic E-state index is -0.562. The number of rotatable bonds is 7. The summed E-state index contributed by atoms with van der Waals surface area (Å²) >= 11 is 5.85. The number of carbonyl (C=O) groups excluding carboxylic acids is 2. The van der Waals surface area contributed by atoms with Crippen molar-refractivity contribution in [2.45, 2.75) is 12.8 Å². The predicted octanol–water partition coefficient (Wildman–Crippen LogP) is 2.99. The van der Waals surface area contributed by atoms with Crippen molar-refractivity contribution >= 4 is 23.4 Å². The Balaban J connectivity index is 1.68. The van der Waals surface area contributed by atoms with E-state index in [1.165, 1.54) is 18.2 Å². The van der Waals surface area contributed by atoms with Gasteiger partial charge in [0.1, 0.15) is 5.82 Å². The third-order valence-corrected chi connectivity index (χ3v) is 5.32. The van der Waals surface area contributed by atoms with Crippen LogP contribution in [0.3, 0.4) is 0 Å². The monoisotopic (exact) mass is 417 g/mol. The molecule has 29 heavy (non-hydrogen) atoms. The summed E-state index contributed by atoms with van der Waals surface area (Å²) in [6.07, 6.45) is 0.929. The first-order valence-electron chi connectivity index (χ1n) is 9.81. The highest BCUT2D eigenvalue weighted by molar-refractivity contribution is 6.31. The van der Waals surface area contributed by atoms with E-state index in [-0.39, 0.29) is 23.3 Å². The molecular weight excluding hydrogens is 393 g/mol. The number of benzene rings is 2. The molecule has 0 spiro atoms. The Morgan fingerprint density at radius 3 is 2.48 bits per heavy atom. The van der Waals surface area contributed by atoms with Gasteiger partial charge in [0, 0.05) is 51.3 Å². The summed E-state index contributed by atoms with van der Waals surface area (Å²) in [5, 5.41) is 3.13. The number of amides is 2. The van der Waals surface area contributed by atoms with Crippen molar-refractivity contribution in [3.8, 4) is 0 Å². The molecule has 0 aliphatic carbocycles. The molecule has 2 aromatic rings. The number of piperazine rings is 1. The summed E-state index contributed by atoms with van der Waals surface area (Å²) in [7, 11) is 0. The van der Waals surface area contributed by atoms with Crippen molar-refractivity contribution in [1.82, 2.24) is 15.1 Å². The molecule has 5 nitrogen and oxygen atoms in total. The largest absolute Gasteiger partial charge is 0.340 e. The van der Waals surface area contributed by atoms with E-state index in [1.54, 1.807) is 4.90 Å². The Bertz CT molecular complexity index is 841. The van der Waals surface area contributed by atoms with E-state index in [2.05, 4.69) is 5.32 Å². The van der Waals surface area contributed by atoms with Crippen LogP contribution in [0.1, 0.15) is 22.3 Å². The molecule has 3 rings (SSSR count). The Labute approximate surface area is 175 Å². The molecule has 7 heteroatoms. The van der Waals surface area contributed by atoms with E-state index in [0.717, 1.165) is 18.7 Å². The molecule has 1 heterocycles. The number of hydrogen-bond donors (Lipinski definition) is 1. The van der Waals surface area contributed by atoms with Crippen LogP contribution in [0.15, 0.2) is 48.5 Å². The average Bonchev–Trinajstić information content (AvgIpc) is 2.76. The van der Waals surface area contributed by atoms with Gasteiger partial charge in [0.15, 0.2) is 0 Å². The zero-order valence-electron chi connectivity index (χ0n) is 16.2. The first kappa shape index (κ1) is 21.3. The van der Waals surface area contributed by atoms with Crippen molar-refractivity contribution in [2.75, 3.05) is 39.3 Å². The van der Waals surface area contributed by atoms with Crippen LogP contribution < -0.4 is 5.32 Å². The van der Waals surface area contributed by atoms with Gasteiger partial charge in [-0.3, -0.25) is 9.59 Å². The van der Waals surface area contributed by atoms with Gasteiger partial charge in [-0.05, 0) is 30.2 Å². The van der Waals surface area contributed by atoms with Crippen LogP contribution in [0.25, 0.3) is 0 Å². The highest BCUT2D eigenvalue weighted by Crippen LogP contribution is 2.18. The molecule has 0 aromatic heterocycles. The maximum Gasteiger partial charge on any atom is 0.253 e. The molecular formula is C22H25ClFN3O2. The third-order valence-electron chi connectivity index (χ3n) is 5.03. The summed E-state index contributed by atoms with van der Waals surface area (Å²) in [5.41, 5.74) is 1.43. The zero-order valence-corrected chi connectivity index (χ0v) is 17.0. The molecule has 1 saturated heterocycles. The van der Waals surface area contributed by atoms with E-state index < -0.39 is 5.82 Å². The number of nitrogens with zero attached hydrogens (tertiary/aromatic N) is 2. The molecule has 1 fully saturated rings. The maximum absolute atomic E-state index is 13.5. The summed E-state index contributed by atoms with van der Waals surface area (Å²) < 4.78 is 13.5. The molecule has 0 radical (unpaired) electrons. The molecule has 2 aromatic carbocycles. The second kappa shape index (κ2) is 10.4. The fourth-order valence-corrected chi connectivity index (χ4v) is 3.52. The fourth-order valence-electron chi connectivity index (χ4n) is 3.34. The minimum absolute atomic E-state index is 0.0427. The Kier molecular flexibility index (Phi) is 7.61. The third kappa shape index (κ3) is 6.02. The Morgan fingerprint density at radius 2 is 1.79 bits per heavy atom. The second-order valence-corrected chi connectivity index (χ2v) is 7.44. The van der Waals surface area contributed by atoms with Crippen LogP contribution in [0, 0.1) is 5.82 Å². The number of nitrogens with one attached hydrogen (secondary N) is 1. The van der Waals surface area contributed by atoms with Gasteiger partial charge < -0.3 is 15.1 Å². The standard InChI is InChI=1S/C22H25ClFN3O2/c23-19-16-18(6-7-20(19)24)22(29)27(12-8-17-4-2-1-3-5-17)13-9-21(28)26-14-10-25-11-15-26/h1-7,16,25H,8-15H2. The zero-order chi connectivity index (χ0) is 20.6. The lowest BCUT2D eigenvalue weighted by molar-refractivity contribution is -0.131. The molecule has 0 unspecified atom stereocenters. The average molecular weight is 418 g/mol. The molecule has 1 aliphatic rings. The van der Waals surface area contributed by atoms with Crippen molar-refractivity contribution in [2.24, 2.45) is 0 Å².